The summed E-state index contributed by atoms with van der Waals surface area (Å²) in [5.74, 6) is 0.00462. The first-order chi connectivity index (χ1) is 12.4. The first kappa shape index (κ1) is 18.0. The standard InChI is InChI=1S/C19H19N3O3S/c20-12-14-5-6-17(21)16(11-14)18(23)7-8-22-9-10-26(24,25)19-4-2-1-3-15(19)13-22/h1-7,11,23H,8-10,13,21H2/b18-7+. The molecule has 0 aromatic heterocycles. The lowest BCUT2D eigenvalue weighted by Crippen LogP contribution is -2.26. The van der Waals surface area contributed by atoms with Gasteiger partial charge < -0.3 is 10.8 Å². The van der Waals surface area contributed by atoms with E-state index in [1.165, 1.54) is 6.07 Å². The molecule has 7 heteroatoms. The van der Waals surface area contributed by atoms with E-state index in [-0.39, 0.29) is 11.5 Å². The van der Waals surface area contributed by atoms with Crippen LogP contribution in [0.2, 0.25) is 0 Å². The second-order valence-electron chi connectivity index (χ2n) is 6.16. The number of benzene rings is 2. The predicted octanol–water partition coefficient (Wildman–Crippen LogP) is 2.33. The average molecular weight is 369 g/mol. The van der Waals surface area contributed by atoms with Crippen LogP contribution >= 0.6 is 0 Å². The second kappa shape index (κ2) is 7.20. The van der Waals surface area contributed by atoms with Crippen molar-refractivity contribution >= 4 is 21.3 Å². The van der Waals surface area contributed by atoms with Crippen LogP contribution in [0.5, 0.6) is 0 Å². The first-order valence-corrected chi connectivity index (χ1v) is 9.78. The van der Waals surface area contributed by atoms with Crippen LogP contribution < -0.4 is 5.73 Å². The van der Waals surface area contributed by atoms with Crippen molar-refractivity contribution in [3.05, 3.63) is 65.2 Å². The third-order valence-corrected chi connectivity index (χ3v) is 6.17. The van der Waals surface area contributed by atoms with Crippen LogP contribution in [0, 0.1) is 11.3 Å². The number of aliphatic hydroxyl groups excluding tert-OH is 1. The molecule has 0 amide bonds. The monoisotopic (exact) mass is 369 g/mol. The van der Waals surface area contributed by atoms with Gasteiger partial charge in [0.05, 0.1) is 22.3 Å². The van der Waals surface area contributed by atoms with Gasteiger partial charge in [-0.2, -0.15) is 5.26 Å². The highest BCUT2D eigenvalue weighted by Crippen LogP contribution is 2.24. The molecule has 0 bridgehead atoms. The van der Waals surface area contributed by atoms with E-state index in [1.807, 2.05) is 23.1 Å². The summed E-state index contributed by atoms with van der Waals surface area (Å²) < 4.78 is 24.7. The highest BCUT2D eigenvalue weighted by molar-refractivity contribution is 7.91. The van der Waals surface area contributed by atoms with Gasteiger partial charge in [-0.3, -0.25) is 4.90 Å². The van der Waals surface area contributed by atoms with Gasteiger partial charge in [-0.25, -0.2) is 8.42 Å². The molecule has 0 fully saturated rings. The molecule has 0 unspecified atom stereocenters. The van der Waals surface area contributed by atoms with Crippen molar-refractivity contribution in [2.45, 2.75) is 11.4 Å². The normalized spacial score (nSPS) is 17.1. The topological polar surface area (TPSA) is 107 Å². The number of nitrogens with two attached hydrogens (primary N) is 1. The molecule has 1 aliphatic heterocycles. The minimum Gasteiger partial charge on any atom is -0.508 e. The van der Waals surface area contributed by atoms with E-state index in [0.717, 1.165) is 5.56 Å². The fraction of sp³-hybridized carbons (Fsp3) is 0.211. The number of rotatable bonds is 3. The van der Waals surface area contributed by atoms with Gasteiger partial charge in [0, 0.05) is 30.9 Å². The van der Waals surface area contributed by atoms with Gasteiger partial charge in [-0.15, -0.1) is 0 Å². The molecule has 0 aliphatic carbocycles. The highest BCUT2D eigenvalue weighted by Gasteiger charge is 2.24. The number of fused-ring (bicyclic) bond motifs is 1. The lowest BCUT2D eigenvalue weighted by atomic mass is 10.1. The summed E-state index contributed by atoms with van der Waals surface area (Å²) in [5.41, 5.74) is 7.81. The number of aliphatic hydroxyl groups is 1. The van der Waals surface area contributed by atoms with Crippen molar-refractivity contribution in [3.8, 4) is 6.07 Å². The van der Waals surface area contributed by atoms with Gasteiger partial charge in [0.15, 0.2) is 9.84 Å². The minimum atomic E-state index is -3.30. The molecular formula is C19H19N3O3S. The Morgan fingerprint density at radius 2 is 2.08 bits per heavy atom. The maximum atomic E-state index is 12.4. The van der Waals surface area contributed by atoms with Crippen LogP contribution in [-0.4, -0.2) is 37.3 Å². The van der Waals surface area contributed by atoms with Crippen LogP contribution in [0.25, 0.3) is 5.76 Å². The molecule has 3 rings (SSSR count). The largest absolute Gasteiger partial charge is 0.508 e. The van der Waals surface area contributed by atoms with Crippen molar-refractivity contribution in [1.29, 1.82) is 5.26 Å². The maximum absolute atomic E-state index is 12.4. The molecule has 3 N–H and O–H groups in total. The summed E-state index contributed by atoms with van der Waals surface area (Å²) in [7, 11) is -3.30. The SMILES string of the molecule is N#Cc1ccc(N)c(/C(O)=C\CN2CCS(=O)(=O)c3ccccc3C2)c1. The molecular weight excluding hydrogens is 350 g/mol. The Morgan fingerprint density at radius 3 is 2.85 bits per heavy atom. The molecule has 1 heterocycles. The van der Waals surface area contributed by atoms with Gasteiger partial charge in [-0.1, -0.05) is 18.2 Å². The van der Waals surface area contributed by atoms with E-state index < -0.39 is 9.84 Å². The Hall–Kier alpha value is -2.82. The Balaban J connectivity index is 1.82. The quantitative estimate of drug-likeness (QED) is 0.635. The van der Waals surface area contributed by atoms with Gasteiger partial charge in [-0.05, 0) is 35.9 Å². The molecule has 1 aliphatic rings. The van der Waals surface area contributed by atoms with Crippen LogP contribution in [0.15, 0.2) is 53.4 Å². The number of nitriles is 1. The van der Waals surface area contributed by atoms with Crippen molar-refractivity contribution in [2.75, 3.05) is 24.6 Å². The molecule has 0 atom stereocenters. The Kier molecular flexibility index (Phi) is 4.98. The third-order valence-electron chi connectivity index (χ3n) is 4.38. The smallest absolute Gasteiger partial charge is 0.179 e. The zero-order chi connectivity index (χ0) is 18.7. The summed E-state index contributed by atoms with van der Waals surface area (Å²) in [6.45, 7) is 1.22. The van der Waals surface area contributed by atoms with Crippen LogP contribution in [0.1, 0.15) is 16.7 Å². The van der Waals surface area contributed by atoms with E-state index in [4.69, 9.17) is 11.0 Å². The number of hydrogen-bond donors (Lipinski definition) is 2. The van der Waals surface area contributed by atoms with Gasteiger partial charge in [0.1, 0.15) is 5.76 Å². The summed E-state index contributed by atoms with van der Waals surface area (Å²) in [6.07, 6.45) is 1.59. The molecule has 0 radical (unpaired) electrons. The van der Waals surface area contributed by atoms with Crippen LogP contribution in [0.3, 0.4) is 0 Å². The molecule has 2 aromatic rings. The highest BCUT2D eigenvalue weighted by atomic mass is 32.2. The van der Waals surface area contributed by atoms with E-state index in [0.29, 0.717) is 41.3 Å². The van der Waals surface area contributed by atoms with Gasteiger partial charge >= 0.3 is 0 Å². The average Bonchev–Trinajstić information content (AvgIpc) is 2.76. The van der Waals surface area contributed by atoms with E-state index >= 15 is 0 Å². The van der Waals surface area contributed by atoms with E-state index in [1.54, 1.807) is 30.3 Å². The number of nitrogens with zero attached hydrogens (tertiary/aromatic N) is 2. The molecule has 26 heavy (non-hydrogen) atoms. The number of nitrogen functional groups attached to an aromatic ring is 1. The van der Waals surface area contributed by atoms with Crippen molar-refractivity contribution in [3.63, 3.8) is 0 Å². The van der Waals surface area contributed by atoms with E-state index in [9.17, 15) is 13.5 Å². The van der Waals surface area contributed by atoms with Crippen molar-refractivity contribution in [2.24, 2.45) is 0 Å². The number of sulfone groups is 1. The fourth-order valence-electron chi connectivity index (χ4n) is 2.95. The molecule has 0 saturated heterocycles. The molecule has 134 valence electrons. The summed E-state index contributed by atoms with van der Waals surface area (Å²) in [5, 5.41) is 19.3. The van der Waals surface area contributed by atoms with Crippen molar-refractivity contribution in [1.82, 2.24) is 4.90 Å². The lowest BCUT2D eigenvalue weighted by Gasteiger charge is -2.18. The van der Waals surface area contributed by atoms with E-state index in [2.05, 4.69) is 0 Å². The van der Waals surface area contributed by atoms with Crippen LogP contribution in [-0.2, 0) is 16.4 Å². The third kappa shape index (κ3) is 3.72. The second-order valence-corrected chi connectivity index (χ2v) is 8.24. The summed E-state index contributed by atoms with van der Waals surface area (Å²) >= 11 is 0. The Morgan fingerprint density at radius 1 is 1.31 bits per heavy atom. The van der Waals surface area contributed by atoms with Gasteiger partial charge in [0.2, 0.25) is 0 Å². The molecule has 6 nitrogen and oxygen atoms in total. The zero-order valence-electron chi connectivity index (χ0n) is 14.1. The number of hydrogen-bond acceptors (Lipinski definition) is 6. The maximum Gasteiger partial charge on any atom is 0.179 e. The fourth-order valence-corrected chi connectivity index (χ4v) is 4.48. The summed E-state index contributed by atoms with van der Waals surface area (Å²) in [6, 6.07) is 13.7. The Labute approximate surface area is 152 Å². The minimum absolute atomic E-state index is 0.0278. The first-order valence-electron chi connectivity index (χ1n) is 8.13. The van der Waals surface area contributed by atoms with Gasteiger partial charge in [0.25, 0.3) is 0 Å². The molecule has 0 spiro atoms. The molecule has 0 saturated carbocycles. The predicted molar refractivity (Wildman–Crippen MR) is 99.9 cm³/mol. The van der Waals surface area contributed by atoms with Crippen molar-refractivity contribution < 1.29 is 13.5 Å². The molecule has 2 aromatic carbocycles. The lowest BCUT2D eigenvalue weighted by molar-refractivity contribution is 0.312. The number of anilines is 1. The summed E-state index contributed by atoms with van der Waals surface area (Å²) in [4.78, 5) is 2.32. The van der Waals surface area contributed by atoms with Crippen LogP contribution in [0.4, 0.5) is 5.69 Å². The Bertz CT molecular complexity index is 1010. The zero-order valence-corrected chi connectivity index (χ0v) is 14.9.